The zero-order chi connectivity index (χ0) is 21.9. The van der Waals surface area contributed by atoms with Crippen molar-refractivity contribution in [3.8, 4) is 6.07 Å². The molecular weight excluding hydrogens is 376 g/mol. The Morgan fingerprint density at radius 2 is 1.80 bits per heavy atom. The van der Waals surface area contributed by atoms with Crippen molar-refractivity contribution in [1.29, 1.82) is 5.26 Å². The van der Waals surface area contributed by atoms with E-state index < -0.39 is 6.10 Å². The van der Waals surface area contributed by atoms with E-state index in [9.17, 15) is 15.2 Å². The molecule has 160 valence electrons. The number of ketones is 1. The highest BCUT2D eigenvalue weighted by Crippen LogP contribution is 2.26. The third-order valence-electron chi connectivity index (χ3n) is 5.22. The van der Waals surface area contributed by atoms with Crippen LogP contribution in [0.2, 0.25) is 0 Å². The van der Waals surface area contributed by atoms with Crippen molar-refractivity contribution < 1.29 is 15.0 Å². The van der Waals surface area contributed by atoms with Gasteiger partial charge in [0.05, 0.1) is 18.3 Å². The first-order valence-corrected chi connectivity index (χ1v) is 10.8. The molecule has 0 aromatic heterocycles. The molecule has 1 aliphatic rings. The highest BCUT2D eigenvalue weighted by atomic mass is 16.3. The van der Waals surface area contributed by atoms with E-state index in [4.69, 9.17) is 5.11 Å². The van der Waals surface area contributed by atoms with Gasteiger partial charge in [-0.15, -0.1) is 0 Å². The Labute approximate surface area is 179 Å². The quantitative estimate of drug-likeness (QED) is 0.522. The van der Waals surface area contributed by atoms with Gasteiger partial charge in [-0.05, 0) is 66.3 Å². The molecule has 5 heteroatoms. The lowest BCUT2D eigenvalue weighted by Crippen LogP contribution is -2.29. The summed E-state index contributed by atoms with van der Waals surface area (Å²) in [6.07, 6.45) is 4.62. The minimum atomic E-state index is -0.932. The number of hydrogen-bond acceptors (Lipinski definition) is 5. The number of fused-ring (bicyclic) bond motifs is 1. The minimum Gasteiger partial charge on any atom is -0.394 e. The Morgan fingerprint density at radius 1 is 1.13 bits per heavy atom. The van der Waals surface area contributed by atoms with Crippen molar-refractivity contribution >= 4 is 28.3 Å². The van der Waals surface area contributed by atoms with E-state index in [2.05, 4.69) is 23.1 Å². The van der Waals surface area contributed by atoms with Crippen molar-refractivity contribution in [2.24, 2.45) is 0 Å². The molecule has 1 saturated heterocycles. The third-order valence-corrected chi connectivity index (χ3v) is 5.22. The SMILES string of the molecule is CC.N#C/C(=C\c1ccc2cc(N3CCCCC3)ccc2c1)C(=O)CCC(O)CO. The van der Waals surface area contributed by atoms with Gasteiger partial charge in [-0.3, -0.25) is 4.79 Å². The second kappa shape index (κ2) is 12.1. The minimum absolute atomic E-state index is 0.0356. The van der Waals surface area contributed by atoms with E-state index in [0.29, 0.717) is 0 Å². The van der Waals surface area contributed by atoms with Crippen LogP contribution < -0.4 is 4.90 Å². The smallest absolute Gasteiger partial charge is 0.173 e. The molecule has 0 amide bonds. The number of nitriles is 1. The van der Waals surface area contributed by atoms with Crippen molar-refractivity contribution in [1.82, 2.24) is 0 Å². The van der Waals surface area contributed by atoms with Gasteiger partial charge in [-0.1, -0.05) is 32.0 Å². The molecule has 1 fully saturated rings. The van der Waals surface area contributed by atoms with Crippen LogP contribution >= 0.6 is 0 Å². The maximum atomic E-state index is 12.2. The second-order valence-electron chi connectivity index (χ2n) is 7.31. The molecule has 3 rings (SSSR count). The van der Waals surface area contributed by atoms with Crippen molar-refractivity contribution in [2.45, 2.75) is 52.1 Å². The standard InChI is InChI=1S/C23H26N2O3.C2H6/c24-15-20(23(28)9-8-22(27)16-26)13-17-4-5-19-14-21(7-6-18(19)12-17)25-10-2-1-3-11-25;1-2/h4-7,12-14,22,26-27H,1-3,8-11,16H2;1-2H3/b20-13+;. The highest BCUT2D eigenvalue weighted by molar-refractivity contribution is 6.03. The van der Waals surface area contributed by atoms with Crippen molar-refractivity contribution in [2.75, 3.05) is 24.6 Å². The van der Waals surface area contributed by atoms with Crippen LogP contribution in [0.4, 0.5) is 5.69 Å². The largest absolute Gasteiger partial charge is 0.394 e. The monoisotopic (exact) mass is 408 g/mol. The summed E-state index contributed by atoms with van der Waals surface area (Å²) < 4.78 is 0. The lowest BCUT2D eigenvalue weighted by Gasteiger charge is -2.29. The van der Waals surface area contributed by atoms with Crippen LogP contribution in [0.25, 0.3) is 16.8 Å². The number of rotatable bonds is 7. The lowest BCUT2D eigenvalue weighted by molar-refractivity contribution is -0.115. The Bertz CT molecular complexity index is 908. The van der Waals surface area contributed by atoms with Gasteiger partial charge >= 0.3 is 0 Å². The molecule has 0 saturated carbocycles. The maximum Gasteiger partial charge on any atom is 0.173 e. The van der Waals surface area contributed by atoms with Gasteiger partial charge in [0.15, 0.2) is 5.78 Å². The van der Waals surface area contributed by atoms with Gasteiger partial charge in [0, 0.05) is 25.2 Å². The number of hydrogen-bond donors (Lipinski definition) is 2. The van der Waals surface area contributed by atoms with Gasteiger partial charge in [-0.25, -0.2) is 0 Å². The zero-order valence-corrected chi connectivity index (χ0v) is 18.0. The predicted molar refractivity (Wildman–Crippen MR) is 122 cm³/mol. The van der Waals surface area contributed by atoms with Crippen molar-refractivity contribution in [3.63, 3.8) is 0 Å². The number of carbonyl (C=O) groups is 1. The molecule has 30 heavy (non-hydrogen) atoms. The van der Waals surface area contributed by atoms with Crippen LogP contribution in [0.3, 0.4) is 0 Å². The molecule has 1 aliphatic heterocycles. The molecule has 1 heterocycles. The number of allylic oxidation sites excluding steroid dienone is 1. The number of benzene rings is 2. The topological polar surface area (TPSA) is 84.6 Å². The van der Waals surface area contributed by atoms with Crippen molar-refractivity contribution in [3.05, 3.63) is 47.5 Å². The summed E-state index contributed by atoms with van der Waals surface area (Å²) >= 11 is 0. The number of anilines is 1. The fraction of sp³-hybridized carbons (Fsp3) is 0.440. The molecular formula is C25H32N2O3. The normalized spacial score (nSPS) is 15.2. The van der Waals surface area contributed by atoms with E-state index in [-0.39, 0.29) is 30.8 Å². The van der Waals surface area contributed by atoms with Crippen LogP contribution in [0.1, 0.15) is 51.5 Å². The summed E-state index contributed by atoms with van der Waals surface area (Å²) in [4.78, 5) is 14.6. The van der Waals surface area contributed by atoms with Crippen LogP contribution in [-0.4, -0.2) is 41.8 Å². The Balaban J connectivity index is 0.00000155. The number of piperidine rings is 1. The molecule has 1 unspecified atom stereocenters. The van der Waals surface area contributed by atoms with Gasteiger partial charge in [0.1, 0.15) is 6.07 Å². The number of aliphatic hydroxyl groups is 2. The summed E-state index contributed by atoms with van der Waals surface area (Å²) in [7, 11) is 0. The van der Waals surface area contributed by atoms with Gasteiger partial charge < -0.3 is 15.1 Å². The number of aliphatic hydroxyl groups excluding tert-OH is 2. The first kappa shape index (κ1) is 23.6. The Kier molecular flexibility index (Phi) is 9.53. The Hall–Kier alpha value is -2.68. The Morgan fingerprint density at radius 3 is 2.47 bits per heavy atom. The number of Topliss-reactive ketones (excluding diaryl/α,β-unsaturated/α-hetero) is 1. The van der Waals surface area contributed by atoms with Crippen LogP contribution in [0.5, 0.6) is 0 Å². The first-order valence-electron chi connectivity index (χ1n) is 10.8. The molecule has 2 aromatic rings. The van der Waals surface area contributed by atoms with Gasteiger partial charge in [0.2, 0.25) is 0 Å². The number of carbonyl (C=O) groups excluding carboxylic acids is 1. The molecule has 0 aliphatic carbocycles. The molecule has 0 spiro atoms. The van der Waals surface area contributed by atoms with Crippen LogP contribution in [-0.2, 0) is 4.79 Å². The van der Waals surface area contributed by atoms with E-state index in [1.54, 1.807) is 6.08 Å². The predicted octanol–water partition coefficient (Wildman–Crippen LogP) is 4.47. The molecule has 0 bridgehead atoms. The summed E-state index contributed by atoms with van der Waals surface area (Å²) in [5, 5.41) is 29.7. The zero-order valence-electron chi connectivity index (χ0n) is 18.0. The summed E-state index contributed by atoms with van der Waals surface area (Å²) in [6.45, 7) is 5.82. The van der Waals surface area contributed by atoms with Crippen LogP contribution in [0.15, 0.2) is 42.0 Å². The summed E-state index contributed by atoms with van der Waals surface area (Å²) in [5.41, 5.74) is 2.10. The van der Waals surface area contributed by atoms with Crippen LogP contribution in [0, 0.1) is 11.3 Å². The molecule has 0 radical (unpaired) electrons. The summed E-state index contributed by atoms with van der Waals surface area (Å²) in [6, 6.07) is 14.3. The fourth-order valence-electron chi connectivity index (χ4n) is 3.56. The van der Waals surface area contributed by atoms with E-state index in [1.807, 2.05) is 38.1 Å². The average molecular weight is 409 g/mol. The van der Waals surface area contributed by atoms with E-state index in [1.165, 1.54) is 24.9 Å². The molecule has 2 N–H and O–H groups in total. The number of nitrogens with zero attached hydrogens (tertiary/aromatic N) is 2. The van der Waals surface area contributed by atoms with E-state index in [0.717, 1.165) is 29.4 Å². The molecule has 5 nitrogen and oxygen atoms in total. The second-order valence-corrected chi connectivity index (χ2v) is 7.31. The maximum absolute atomic E-state index is 12.2. The van der Waals surface area contributed by atoms with Gasteiger partial charge in [0.25, 0.3) is 0 Å². The molecule has 2 aromatic carbocycles. The summed E-state index contributed by atoms with van der Waals surface area (Å²) in [5.74, 6) is -0.324. The third kappa shape index (κ3) is 6.41. The fourth-order valence-corrected chi connectivity index (χ4v) is 3.56. The van der Waals surface area contributed by atoms with E-state index >= 15 is 0 Å². The average Bonchev–Trinajstić information content (AvgIpc) is 2.82. The lowest BCUT2D eigenvalue weighted by atomic mass is 10.0. The molecule has 1 atom stereocenters. The first-order chi connectivity index (χ1) is 14.6. The van der Waals surface area contributed by atoms with Gasteiger partial charge in [-0.2, -0.15) is 5.26 Å². The highest BCUT2D eigenvalue weighted by Gasteiger charge is 2.13.